The van der Waals surface area contributed by atoms with Gasteiger partial charge in [0.15, 0.2) is 0 Å². The molecular formula is C20H17N3O3S. The van der Waals surface area contributed by atoms with Gasteiger partial charge < -0.3 is 13.6 Å². The van der Waals surface area contributed by atoms with Crippen LogP contribution < -0.4 is 4.74 Å². The Morgan fingerprint density at radius 1 is 0.963 bits per heavy atom. The van der Waals surface area contributed by atoms with Crippen molar-refractivity contribution in [2.45, 2.75) is 17.9 Å². The van der Waals surface area contributed by atoms with Gasteiger partial charge in [-0.25, -0.2) is 4.98 Å². The molecule has 0 fully saturated rings. The zero-order chi connectivity index (χ0) is 18.5. The molecule has 2 aromatic heterocycles. The highest BCUT2D eigenvalue weighted by molar-refractivity contribution is 7.98. The third-order valence-corrected chi connectivity index (χ3v) is 4.59. The van der Waals surface area contributed by atoms with Crippen molar-refractivity contribution in [1.82, 2.24) is 15.2 Å². The first kappa shape index (κ1) is 17.4. The summed E-state index contributed by atoms with van der Waals surface area (Å²) < 4.78 is 16.9. The first-order valence-electron chi connectivity index (χ1n) is 8.52. The molecule has 0 N–H and O–H groups in total. The number of nitrogens with zero attached hydrogens (tertiary/aromatic N) is 3. The molecule has 7 heteroatoms. The maximum absolute atomic E-state index is 5.77. The van der Waals surface area contributed by atoms with Gasteiger partial charge in [-0.05, 0) is 31.2 Å². The average molecular weight is 379 g/mol. The normalized spacial score (nSPS) is 10.9. The molecule has 0 saturated heterocycles. The zero-order valence-electron chi connectivity index (χ0n) is 14.7. The van der Waals surface area contributed by atoms with Crippen LogP contribution in [-0.4, -0.2) is 21.8 Å². The second kappa shape index (κ2) is 8.09. The molecule has 0 spiro atoms. The molecule has 0 radical (unpaired) electrons. The number of aromatic nitrogens is 3. The van der Waals surface area contributed by atoms with Crippen molar-refractivity contribution in [3.05, 3.63) is 66.6 Å². The summed E-state index contributed by atoms with van der Waals surface area (Å²) in [5.41, 5.74) is 2.54. The number of rotatable bonds is 7. The fraction of sp³-hybridized carbons (Fsp3) is 0.150. The largest absolute Gasteiger partial charge is 0.493 e. The van der Waals surface area contributed by atoms with E-state index in [4.69, 9.17) is 13.6 Å². The van der Waals surface area contributed by atoms with E-state index < -0.39 is 0 Å². The maximum atomic E-state index is 5.77. The fourth-order valence-corrected chi connectivity index (χ4v) is 3.16. The van der Waals surface area contributed by atoms with E-state index in [0.717, 1.165) is 22.6 Å². The molecule has 2 aromatic carbocycles. The smallest absolute Gasteiger partial charge is 0.277 e. The second-order valence-corrected chi connectivity index (χ2v) is 6.53. The highest BCUT2D eigenvalue weighted by Crippen LogP contribution is 2.31. The molecule has 136 valence electrons. The van der Waals surface area contributed by atoms with E-state index in [1.165, 1.54) is 11.8 Å². The molecule has 0 bridgehead atoms. The molecule has 27 heavy (non-hydrogen) atoms. The Balaban J connectivity index is 1.44. The molecule has 0 atom stereocenters. The highest BCUT2D eigenvalue weighted by atomic mass is 32.2. The van der Waals surface area contributed by atoms with Gasteiger partial charge in [0.25, 0.3) is 11.1 Å². The lowest BCUT2D eigenvalue weighted by atomic mass is 10.2. The number of oxazole rings is 1. The quantitative estimate of drug-likeness (QED) is 0.414. The van der Waals surface area contributed by atoms with Crippen molar-refractivity contribution < 1.29 is 13.6 Å². The van der Waals surface area contributed by atoms with Crippen molar-refractivity contribution in [2.75, 3.05) is 6.61 Å². The summed E-state index contributed by atoms with van der Waals surface area (Å²) in [6.45, 7) is 2.51. The highest BCUT2D eigenvalue weighted by Gasteiger charge is 2.14. The standard InChI is InChI=1S/C20H17N3O3S/c1-2-24-17-11-7-6-10-16(17)19-22-23-20(26-19)27-13-15-12-25-18(21-15)14-8-4-3-5-9-14/h3-12H,2,13H2,1H3. The van der Waals surface area contributed by atoms with E-state index in [1.54, 1.807) is 6.26 Å². The predicted octanol–water partition coefficient (Wildman–Crippen LogP) is 5.08. The third-order valence-electron chi connectivity index (χ3n) is 3.74. The Labute approximate surface area is 160 Å². The summed E-state index contributed by atoms with van der Waals surface area (Å²) in [6.07, 6.45) is 1.65. The van der Waals surface area contributed by atoms with E-state index in [2.05, 4.69) is 15.2 Å². The van der Waals surface area contributed by atoms with Gasteiger partial charge in [0.2, 0.25) is 5.89 Å². The summed E-state index contributed by atoms with van der Waals surface area (Å²) in [7, 11) is 0. The molecule has 0 saturated carbocycles. The number of benzene rings is 2. The SMILES string of the molecule is CCOc1ccccc1-c1nnc(SCc2coc(-c3ccccc3)n2)o1. The Morgan fingerprint density at radius 2 is 1.78 bits per heavy atom. The minimum absolute atomic E-state index is 0.437. The molecule has 0 aliphatic rings. The van der Waals surface area contributed by atoms with E-state index in [1.807, 2.05) is 61.5 Å². The molecule has 0 unspecified atom stereocenters. The van der Waals surface area contributed by atoms with Crippen LogP contribution in [0, 0.1) is 0 Å². The summed E-state index contributed by atoms with van der Waals surface area (Å²) in [5.74, 6) is 2.34. The molecule has 0 aliphatic heterocycles. The number of para-hydroxylation sites is 1. The van der Waals surface area contributed by atoms with E-state index >= 15 is 0 Å². The van der Waals surface area contributed by atoms with E-state index in [9.17, 15) is 0 Å². The third kappa shape index (κ3) is 4.03. The van der Waals surface area contributed by atoms with Gasteiger partial charge in [0.05, 0.1) is 17.9 Å². The van der Waals surface area contributed by atoms with Gasteiger partial charge >= 0.3 is 0 Å². The minimum atomic E-state index is 0.437. The monoisotopic (exact) mass is 379 g/mol. The topological polar surface area (TPSA) is 74.2 Å². The van der Waals surface area contributed by atoms with Crippen molar-refractivity contribution in [3.63, 3.8) is 0 Å². The van der Waals surface area contributed by atoms with Gasteiger partial charge in [0, 0.05) is 11.3 Å². The lowest BCUT2D eigenvalue weighted by molar-refractivity contribution is 0.340. The molecule has 4 aromatic rings. The lowest BCUT2D eigenvalue weighted by Crippen LogP contribution is -1.93. The van der Waals surface area contributed by atoms with E-state index in [-0.39, 0.29) is 0 Å². The second-order valence-electron chi connectivity index (χ2n) is 5.60. The van der Waals surface area contributed by atoms with Crippen molar-refractivity contribution in [2.24, 2.45) is 0 Å². The average Bonchev–Trinajstić information content (AvgIpc) is 3.37. The molecule has 4 rings (SSSR count). The van der Waals surface area contributed by atoms with E-state index in [0.29, 0.717) is 29.4 Å². The number of ether oxygens (including phenoxy) is 1. The predicted molar refractivity (Wildman–Crippen MR) is 102 cm³/mol. The van der Waals surface area contributed by atoms with Crippen molar-refractivity contribution in [3.8, 4) is 28.7 Å². The minimum Gasteiger partial charge on any atom is -0.493 e. The first-order valence-corrected chi connectivity index (χ1v) is 9.50. The van der Waals surface area contributed by atoms with Crippen LogP contribution in [0.15, 0.2) is 74.9 Å². The van der Waals surface area contributed by atoms with Crippen molar-refractivity contribution in [1.29, 1.82) is 0 Å². The van der Waals surface area contributed by atoms with Gasteiger partial charge in [-0.2, -0.15) is 0 Å². The molecule has 0 amide bonds. The van der Waals surface area contributed by atoms with Crippen LogP contribution in [0.25, 0.3) is 22.9 Å². The summed E-state index contributed by atoms with van der Waals surface area (Å²) in [4.78, 5) is 4.50. The van der Waals surface area contributed by atoms with Crippen LogP contribution in [0.2, 0.25) is 0 Å². The summed E-state index contributed by atoms with van der Waals surface area (Å²) in [6, 6.07) is 17.4. The van der Waals surface area contributed by atoms with Gasteiger partial charge in [0.1, 0.15) is 12.0 Å². The van der Waals surface area contributed by atoms with Gasteiger partial charge in [-0.1, -0.05) is 42.1 Å². The van der Waals surface area contributed by atoms with Crippen molar-refractivity contribution >= 4 is 11.8 Å². The number of hydrogen-bond donors (Lipinski definition) is 0. The van der Waals surface area contributed by atoms with Gasteiger partial charge in [-0.15, -0.1) is 10.2 Å². The van der Waals surface area contributed by atoms with Crippen LogP contribution >= 0.6 is 11.8 Å². The van der Waals surface area contributed by atoms with Crippen LogP contribution in [0.5, 0.6) is 5.75 Å². The summed E-state index contributed by atoms with van der Waals surface area (Å²) in [5, 5.41) is 8.71. The summed E-state index contributed by atoms with van der Waals surface area (Å²) >= 11 is 1.41. The van der Waals surface area contributed by atoms with Crippen LogP contribution in [0.4, 0.5) is 0 Å². The number of hydrogen-bond acceptors (Lipinski definition) is 7. The lowest BCUT2D eigenvalue weighted by Gasteiger charge is -2.05. The Kier molecular flexibility index (Phi) is 5.20. The van der Waals surface area contributed by atoms with Crippen LogP contribution in [0.1, 0.15) is 12.6 Å². The molecule has 0 aliphatic carbocycles. The molecule has 6 nitrogen and oxygen atoms in total. The fourth-order valence-electron chi connectivity index (χ4n) is 2.52. The zero-order valence-corrected chi connectivity index (χ0v) is 15.5. The Bertz CT molecular complexity index is 1010. The van der Waals surface area contributed by atoms with Gasteiger partial charge in [-0.3, -0.25) is 0 Å². The first-order chi connectivity index (χ1) is 13.3. The molecule has 2 heterocycles. The Hall–Kier alpha value is -3.06. The maximum Gasteiger partial charge on any atom is 0.277 e. The van der Waals surface area contributed by atoms with Crippen LogP contribution in [0.3, 0.4) is 0 Å². The number of thioether (sulfide) groups is 1. The van der Waals surface area contributed by atoms with Crippen LogP contribution in [-0.2, 0) is 5.75 Å². The molecular weight excluding hydrogens is 362 g/mol. The Morgan fingerprint density at radius 3 is 2.63 bits per heavy atom.